The first kappa shape index (κ1) is 13.9. The van der Waals surface area contributed by atoms with Gasteiger partial charge in [0, 0.05) is 36.7 Å². The molecule has 1 saturated heterocycles. The fourth-order valence-electron chi connectivity index (χ4n) is 2.80. The number of piperazine rings is 1. The molecule has 1 aromatic carbocycles. The van der Waals surface area contributed by atoms with Crippen LogP contribution in [0.4, 0.5) is 0 Å². The Bertz CT molecular complexity index is 392. The quantitative estimate of drug-likeness (QED) is 0.903. The molecule has 1 fully saturated rings. The first-order valence-electron chi connectivity index (χ1n) is 6.81. The molecule has 0 radical (unpaired) electrons. The number of hydrogen-bond acceptors (Lipinski definition) is 2. The number of rotatable bonds is 3. The minimum absolute atomic E-state index is 0.429. The second-order valence-electron chi connectivity index (χ2n) is 5.48. The molecule has 0 saturated carbocycles. The van der Waals surface area contributed by atoms with Gasteiger partial charge in [-0.3, -0.25) is 4.90 Å². The Morgan fingerprint density at radius 2 is 2.11 bits per heavy atom. The third-order valence-electron chi connectivity index (χ3n) is 3.92. The van der Waals surface area contributed by atoms with Crippen molar-refractivity contribution in [2.75, 3.05) is 19.6 Å². The highest BCUT2D eigenvalue weighted by molar-refractivity contribution is 6.30. The number of nitrogens with zero attached hydrogens (tertiary/aromatic N) is 1. The Hall–Kier alpha value is -0.570. The molecule has 3 heteroatoms. The molecule has 100 valence electrons. The smallest absolute Gasteiger partial charge is 0.0409 e. The van der Waals surface area contributed by atoms with E-state index in [-0.39, 0.29) is 0 Å². The highest BCUT2D eigenvalue weighted by Crippen LogP contribution is 2.27. The Morgan fingerprint density at radius 3 is 2.78 bits per heavy atom. The maximum Gasteiger partial charge on any atom is 0.0409 e. The number of benzene rings is 1. The predicted octanol–water partition coefficient (Wildman–Crippen LogP) is 3.33. The van der Waals surface area contributed by atoms with Crippen LogP contribution in [0.25, 0.3) is 0 Å². The molecular formula is C15H23ClN2. The topological polar surface area (TPSA) is 15.3 Å². The van der Waals surface area contributed by atoms with Crippen LogP contribution in [-0.2, 0) is 0 Å². The van der Waals surface area contributed by atoms with Gasteiger partial charge in [0.05, 0.1) is 0 Å². The third-order valence-corrected chi connectivity index (χ3v) is 4.16. The molecule has 0 aliphatic carbocycles. The second kappa shape index (κ2) is 6.05. The molecule has 2 unspecified atom stereocenters. The van der Waals surface area contributed by atoms with E-state index in [2.05, 4.69) is 43.1 Å². The molecule has 2 nitrogen and oxygen atoms in total. The van der Waals surface area contributed by atoms with Crippen LogP contribution < -0.4 is 5.32 Å². The minimum atomic E-state index is 0.429. The molecule has 0 aromatic heterocycles. The molecule has 1 aliphatic rings. The number of nitrogens with one attached hydrogen (secondary N) is 1. The molecule has 1 aromatic rings. The minimum Gasteiger partial charge on any atom is -0.314 e. The van der Waals surface area contributed by atoms with Crippen molar-refractivity contribution in [3.63, 3.8) is 0 Å². The van der Waals surface area contributed by atoms with Crippen molar-refractivity contribution >= 4 is 11.6 Å². The molecule has 1 aliphatic heterocycles. The van der Waals surface area contributed by atoms with Crippen LogP contribution in [0.2, 0.25) is 5.02 Å². The monoisotopic (exact) mass is 266 g/mol. The lowest BCUT2D eigenvalue weighted by atomic mass is 9.96. The second-order valence-corrected chi connectivity index (χ2v) is 5.92. The van der Waals surface area contributed by atoms with Crippen LogP contribution in [0.15, 0.2) is 24.3 Å². The summed E-state index contributed by atoms with van der Waals surface area (Å²) >= 11 is 6.10. The molecule has 0 spiro atoms. The largest absolute Gasteiger partial charge is 0.314 e. The summed E-state index contributed by atoms with van der Waals surface area (Å²) in [4.78, 5) is 2.60. The maximum atomic E-state index is 6.10. The van der Waals surface area contributed by atoms with Gasteiger partial charge in [-0.15, -0.1) is 0 Å². The number of halogens is 1. The zero-order valence-corrected chi connectivity index (χ0v) is 12.2. The summed E-state index contributed by atoms with van der Waals surface area (Å²) in [6, 6.07) is 9.28. The van der Waals surface area contributed by atoms with Gasteiger partial charge in [-0.05, 0) is 30.5 Å². The summed E-state index contributed by atoms with van der Waals surface area (Å²) in [5.74, 6) is 0.666. The fraction of sp³-hybridized carbons (Fsp3) is 0.600. The normalized spacial score (nSPS) is 23.3. The van der Waals surface area contributed by atoms with Gasteiger partial charge < -0.3 is 5.32 Å². The summed E-state index contributed by atoms with van der Waals surface area (Å²) in [5.41, 5.74) is 1.31. The van der Waals surface area contributed by atoms with Gasteiger partial charge in [0.15, 0.2) is 0 Å². The van der Waals surface area contributed by atoms with Gasteiger partial charge >= 0.3 is 0 Å². The summed E-state index contributed by atoms with van der Waals surface area (Å²) in [6.45, 7) is 10.2. The zero-order chi connectivity index (χ0) is 13.1. The Balaban J connectivity index is 2.18. The Labute approximate surface area is 115 Å². The lowest BCUT2D eigenvalue weighted by Crippen LogP contribution is -2.54. The van der Waals surface area contributed by atoms with Crippen molar-refractivity contribution in [3.05, 3.63) is 34.9 Å². The molecule has 1 heterocycles. The molecule has 1 N–H and O–H groups in total. The van der Waals surface area contributed by atoms with Crippen LogP contribution in [0.3, 0.4) is 0 Å². The van der Waals surface area contributed by atoms with Crippen molar-refractivity contribution in [1.82, 2.24) is 10.2 Å². The molecule has 2 atom stereocenters. The molecule has 18 heavy (non-hydrogen) atoms. The standard InChI is InChI=1S/C15H23ClN2/c1-11(2)15-10-17-7-8-18(15)12(3)13-5-4-6-14(16)9-13/h4-6,9,11-12,15,17H,7-8,10H2,1-3H3. The highest BCUT2D eigenvalue weighted by atomic mass is 35.5. The summed E-state index contributed by atoms with van der Waals surface area (Å²) in [6.07, 6.45) is 0. The molecular weight excluding hydrogens is 244 g/mol. The van der Waals surface area contributed by atoms with Crippen molar-refractivity contribution in [2.45, 2.75) is 32.9 Å². The molecule has 0 amide bonds. The highest BCUT2D eigenvalue weighted by Gasteiger charge is 2.29. The van der Waals surface area contributed by atoms with Crippen LogP contribution in [-0.4, -0.2) is 30.6 Å². The number of hydrogen-bond donors (Lipinski definition) is 1. The van der Waals surface area contributed by atoms with Crippen LogP contribution in [0.1, 0.15) is 32.4 Å². The summed E-state index contributed by atoms with van der Waals surface area (Å²) < 4.78 is 0. The van der Waals surface area contributed by atoms with Crippen molar-refractivity contribution in [2.24, 2.45) is 5.92 Å². The van der Waals surface area contributed by atoms with Gasteiger partial charge in [-0.25, -0.2) is 0 Å². The molecule has 0 bridgehead atoms. The van der Waals surface area contributed by atoms with Crippen molar-refractivity contribution < 1.29 is 0 Å². The van der Waals surface area contributed by atoms with Crippen molar-refractivity contribution in [3.8, 4) is 0 Å². The zero-order valence-electron chi connectivity index (χ0n) is 11.5. The third kappa shape index (κ3) is 3.05. The van der Waals surface area contributed by atoms with Gasteiger partial charge in [-0.2, -0.15) is 0 Å². The van der Waals surface area contributed by atoms with E-state index in [1.54, 1.807) is 0 Å². The van der Waals surface area contributed by atoms with E-state index >= 15 is 0 Å². The van der Waals surface area contributed by atoms with E-state index in [1.165, 1.54) is 5.56 Å². The van der Waals surface area contributed by atoms with Gasteiger partial charge in [0.2, 0.25) is 0 Å². The van der Waals surface area contributed by atoms with Crippen LogP contribution >= 0.6 is 11.6 Å². The van der Waals surface area contributed by atoms with Gasteiger partial charge in [0.1, 0.15) is 0 Å². The lowest BCUT2D eigenvalue weighted by molar-refractivity contribution is 0.0844. The van der Waals surface area contributed by atoms with E-state index in [4.69, 9.17) is 11.6 Å². The van der Waals surface area contributed by atoms with E-state index in [1.807, 2.05) is 12.1 Å². The van der Waals surface area contributed by atoms with Crippen molar-refractivity contribution in [1.29, 1.82) is 0 Å². The molecule has 2 rings (SSSR count). The van der Waals surface area contributed by atoms with Crippen LogP contribution in [0.5, 0.6) is 0 Å². The average molecular weight is 267 g/mol. The first-order chi connectivity index (χ1) is 8.59. The fourth-order valence-corrected chi connectivity index (χ4v) is 3.00. The first-order valence-corrected chi connectivity index (χ1v) is 7.19. The maximum absolute atomic E-state index is 6.10. The van der Waals surface area contributed by atoms with E-state index in [0.717, 1.165) is 24.7 Å². The van der Waals surface area contributed by atoms with E-state index in [0.29, 0.717) is 18.0 Å². The Kier molecular flexibility index (Phi) is 4.66. The summed E-state index contributed by atoms with van der Waals surface area (Å²) in [7, 11) is 0. The SMILES string of the molecule is CC(C)C1CNCCN1C(C)c1cccc(Cl)c1. The average Bonchev–Trinajstić information content (AvgIpc) is 2.38. The van der Waals surface area contributed by atoms with E-state index in [9.17, 15) is 0 Å². The predicted molar refractivity (Wildman–Crippen MR) is 78.1 cm³/mol. The lowest BCUT2D eigenvalue weighted by Gasteiger charge is -2.42. The van der Waals surface area contributed by atoms with Crippen LogP contribution in [0, 0.1) is 5.92 Å². The van der Waals surface area contributed by atoms with Gasteiger partial charge in [-0.1, -0.05) is 37.6 Å². The Morgan fingerprint density at radius 1 is 1.33 bits per heavy atom. The van der Waals surface area contributed by atoms with E-state index < -0.39 is 0 Å². The summed E-state index contributed by atoms with van der Waals surface area (Å²) in [5, 5.41) is 4.33. The van der Waals surface area contributed by atoms with Gasteiger partial charge in [0.25, 0.3) is 0 Å².